The van der Waals surface area contributed by atoms with Gasteiger partial charge in [-0.2, -0.15) is 0 Å². The quantitative estimate of drug-likeness (QED) is 0.624. The molecule has 4 aliphatic carbocycles. The van der Waals surface area contributed by atoms with Gasteiger partial charge in [0.2, 0.25) is 0 Å². The van der Waals surface area contributed by atoms with Crippen molar-refractivity contribution in [1.29, 1.82) is 0 Å². The van der Waals surface area contributed by atoms with Crippen molar-refractivity contribution in [2.45, 2.75) is 93.8 Å². The van der Waals surface area contributed by atoms with Gasteiger partial charge in [0, 0.05) is 11.8 Å². The molecule has 1 aromatic carbocycles. The highest BCUT2D eigenvalue weighted by Crippen LogP contribution is 2.63. The fourth-order valence-electron chi connectivity index (χ4n) is 8.32. The summed E-state index contributed by atoms with van der Waals surface area (Å²) in [6.45, 7) is 4.36. The molecule has 9 atom stereocenters. The predicted octanol–water partition coefficient (Wildman–Crippen LogP) is 5.53. The third-order valence-corrected chi connectivity index (χ3v) is 11.4. The summed E-state index contributed by atoms with van der Waals surface area (Å²) in [6.07, 6.45) is 10.4. The fourth-order valence-corrected chi connectivity index (χ4v) is 9.92. The van der Waals surface area contributed by atoms with E-state index >= 15 is 0 Å². The van der Waals surface area contributed by atoms with Crippen LogP contribution in [0.4, 0.5) is 0 Å². The molecule has 0 aromatic heterocycles. The molecule has 4 heteroatoms. The van der Waals surface area contributed by atoms with E-state index in [4.69, 9.17) is 0 Å². The number of ketones is 1. The standard InChI is InChI=1S/C27H38O3S/c1-3-13-27(29)15-12-20-18(17-27)9-10-22-21(20)11-14-26(2)23(22)16-24(25(26)28)31(30)19-7-5-4-6-8-19/h4-8,18,20-24,29H,3,9-17H2,1-2H3/t18-,20+,21-,22-,23+,24?,26+,27-,31?/m1/s1. The highest BCUT2D eigenvalue weighted by molar-refractivity contribution is 7.92. The van der Waals surface area contributed by atoms with Gasteiger partial charge >= 0.3 is 0 Å². The molecule has 2 unspecified atom stereocenters. The molecular formula is C27H38O3S. The number of aliphatic hydroxyl groups is 1. The molecule has 1 N–H and O–H groups in total. The predicted molar refractivity (Wildman–Crippen MR) is 124 cm³/mol. The van der Waals surface area contributed by atoms with E-state index in [0.29, 0.717) is 29.6 Å². The number of Topliss-reactive ketones (excluding diaryl/α,β-unsaturated/α-hetero) is 1. The number of fused-ring (bicyclic) bond motifs is 5. The third-order valence-electron chi connectivity index (χ3n) is 9.77. The maximum Gasteiger partial charge on any atom is 0.191 e. The van der Waals surface area contributed by atoms with E-state index in [1.165, 1.54) is 12.8 Å². The van der Waals surface area contributed by atoms with Crippen LogP contribution >= 0.6 is 0 Å². The molecule has 0 saturated heterocycles. The lowest BCUT2D eigenvalue weighted by Crippen LogP contribution is -2.51. The molecule has 0 bridgehead atoms. The molecule has 1 aromatic rings. The average molecular weight is 443 g/mol. The fraction of sp³-hybridized carbons (Fsp3) is 0.741. The van der Waals surface area contributed by atoms with E-state index in [1.807, 2.05) is 30.3 Å². The van der Waals surface area contributed by atoms with E-state index < -0.39 is 16.8 Å². The van der Waals surface area contributed by atoms with Gasteiger partial charge in [0.05, 0.1) is 5.60 Å². The summed E-state index contributed by atoms with van der Waals surface area (Å²) < 4.78 is 13.3. The van der Waals surface area contributed by atoms with Crippen LogP contribution in [0.25, 0.3) is 0 Å². The van der Waals surface area contributed by atoms with E-state index in [-0.39, 0.29) is 16.4 Å². The van der Waals surface area contributed by atoms with Gasteiger partial charge in [-0.05, 0) is 104 Å². The molecule has 0 spiro atoms. The summed E-state index contributed by atoms with van der Waals surface area (Å²) in [7, 11) is 0. The first-order valence-electron chi connectivity index (χ1n) is 12.6. The Bertz CT molecular complexity index is 812. The number of rotatable bonds is 4. The Morgan fingerprint density at radius 1 is 1.06 bits per heavy atom. The summed E-state index contributed by atoms with van der Waals surface area (Å²) in [5, 5.41) is 10.7. The maximum absolute atomic E-state index is 13.6. The second kappa shape index (κ2) is 8.18. The Labute approximate surface area is 190 Å². The number of benzene rings is 1. The van der Waals surface area contributed by atoms with E-state index in [2.05, 4.69) is 13.8 Å². The molecule has 4 fully saturated rings. The molecule has 0 amide bonds. The molecule has 4 saturated carbocycles. The highest BCUT2D eigenvalue weighted by atomic mass is 32.2. The molecule has 0 heterocycles. The lowest BCUT2D eigenvalue weighted by molar-refractivity contribution is -0.135. The zero-order valence-corrected chi connectivity index (χ0v) is 19.9. The van der Waals surface area contributed by atoms with Gasteiger partial charge in [-0.15, -0.1) is 0 Å². The van der Waals surface area contributed by atoms with Crippen molar-refractivity contribution in [3.8, 4) is 0 Å². The van der Waals surface area contributed by atoms with E-state index in [1.54, 1.807) is 0 Å². The minimum atomic E-state index is -1.25. The Morgan fingerprint density at radius 2 is 1.81 bits per heavy atom. The smallest absolute Gasteiger partial charge is 0.191 e. The highest BCUT2D eigenvalue weighted by Gasteiger charge is 2.63. The minimum absolute atomic E-state index is 0.265. The zero-order valence-electron chi connectivity index (χ0n) is 19.1. The van der Waals surface area contributed by atoms with Gasteiger partial charge < -0.3 is 9.66 Å². The van der Waals surface area contributed by atoms with Crippen molar-refractivity contribution in [3.05, 3.63) is 30.3 Å². The van der Waals surface area contributed by atoms with Crippen LogP contribution < -0.4 is 0 Å². The second-order valence-electron chi connectivity index (χ2n) is 11.3. The summed E-state index contributed by atoms with van der Waals surface area (Å²) in [5.41, 5.74) is -0.729. The molecule has 0 aliphatic heterocycles. The molecule has 5 rings (SSSR count). The average Bonchev–Trinajstić information content (AvgIpc) is 3.04. The molecule has 170 valence electrons. The Kier molecular flexibility index (Phi) is 5.80. The molecule has 4 aliphatic rings. The molecule has 0 radical (unpaired) electrons. The van der Waals surface area contributed by atoms with Crippen LogP contribution in [0.5, 0.6) is 0 Å². The first-order valence-corrected chi connectivity index (χ1v) is 13.8. The van der Waals surface area contributed by atoms with Crippen LogP contribution in [-0.4, -0.2) is 26.3 Å². The van der Waals surface area contributed by atoms with Gasteiger partial charge in [-0.25, -0.2) is 0 Å². The summed E-state index contributed by atoms with van der Waals surface area (Å²) in [4.78, 5) is 14.4. The van der Waals surface area contributed by atoms with Crippen molar-refractivity contribution in [2.75, 3.05) is 0 Å². The van der Waals surface area contributed by atoms with Crippen molar-refractivity contribution < 1.29 is 14.5 Å². The van der Waals surface area contributed by atoms with Crippen molar-refractivity contribution in [1.82, 2.24) is 0 Å². The Morgan fingerprint density at radius 3 is 2.55 bits per heavy atom. The lowest BCUT2D eigenvalue weighted by atomic mass is 9.49. The van der Waals surface area contributed by atoms with Gasteiger partial charge in [-0.1, -0.05) is 38.5 Å². The van der Waals surface area contributed by atoms with Crippen molar-refractivity contribution >= 4 is 17.0 Å². The molecular weight excluding hydrogens is 404 g/mol. The van der Waals surface area contributed by atoms with Gasteiger partial charge in [0.15, 0.2) is 15.9 Å². The summed E-state index contributed by atoms with van der Waals surface area (Å²) >= 11 is -1.25. The Hall–Kier alpha value is -0.840. The topological polar surface area (TPSA) is 60.4 Å². The van der Waals surface area contributed by atoms with Gasteiger partial charge in [-0.3, -0.25) is 4.79 Å². The number of hydrogen-bond acceptors (Lipinski definition) is 3. The minimum Gasteiger partial charge on any atom is -0.611 e. The maximum atomic E-state index is 13.6. The van der Waals surface area contributed by atoms with Crippen LogP contribution in [0.1, 0.15) is 78.1 Å². The summed E-state index contributed by atoms with van der Waals surface area (Å²) in [5.74, 6) is 3.31. The van der Waals surface area contributed by atoms with Gasteiger partial charge in [0.25, 0.3) is 0 Å². The van der Waals surface area contributed by atoms with Crippen LogP contribution in [0.15, 0.2) is 35.2 Å². The van der Waals surface area contributed by atoms with E-state index in [9.17, 15) is 14.5 Å². The number of carbonyl (C=O) groups is 1. The first kappa shape index (κ1) is 22.0. The summed E-state index contributed by atoms with van der Waals surface area (Å²) in [6, 6.07) is 9.58. The van der Waals surface area contributed by atoms with Crippen molar-refractivity contribution in [3.63, 3.8) is 0 Å². The van der Waals surface area contributed by atoms with E-state index in [0.717, 1.165) is 56.3 Å². The Balaban J connectivity index is 1.35. The van der Waals surface area contributed by atoms with Crippen molar-refractivity contribution in [2.24, 2.45) is 35.0 Å². The number of hydrogen-bond donors (Lipinski definition) is 1. The lowest BCUT2D eigenvalue weighted by Gasteiger charge is -2.55. The first-order chi connectivity index (χ1) is 14.9. The van der Waals surface area contributed by atoms with Crippen LogP contribution in [0.2, 0.25) is 0 Å². The molecule has 3 nitrogen and oxygen atoms in total. The number of carbonyl (C=O) groups excluding carboxylic acids is 1. The zero-order chi connectivity index (χ0) is 21.8. The normalized spacial score (nSPS) is 45.5. The van der Waals surface area contributed by atoms with Crippen LogP contribution in [-0.2, 0) is 16.0 Å². The second-order valence-corrected chi connectivity index (χ2v) is 12.9. The van der Waals surface area contributed by atoms with Crippen LogP contribution in [0.3, 0.4) is 0 Å². The van der Waals surface area contributed by atoms with Gasteiger partial charge in [0.1, 0.15) is 0 Å². The van der Waals surface area contributed by atoms with Crippen LogP contribution in [0, 0.1) is 35.0 Å². The monoisotopic (exact) mass is 442 g/mol. The molecule has 31 heavy (non-hydrogen) atoms. The third kappa shape index (κ3) is 3.61. The SMILES string of the molecule is CCC[C@@]1(O)CC[C@H]2[C@H](CC[C@@H]3[C@@H]2CC[C@]2(C)C(=O)C([S+]([O-])c4ccccc4)C[C@@H]32)C1. The largest absolute Gasteiger partial charge is 0.611 e.